The Morgan fingerprint density at radius 2 is 1.76 bits per heavy atom. The Morgan fingerprint density at radius 3 is 2.51 bits per heavy atom. The zero-order chi connectivity index (χ0) is 28.7. The minimum Gasteiger partial charge on any atom is -0.369 e. The van der Waals surface area contributed by atoms with Gasteiger partial charge in [0, 0.05) is 47.0 Å². The molecule has 0 bridgehead atoms. The SMILES string of the molecule is Cc1nc2nn(C)cc2cc1-n1nc(-c2cccc3nn(C[C@H](OCCF)c4ccccc4)cc23)c(C(C)C)c1C. The Balaban J connectivity index is 1.44. The monoisotopic (exact) mass is 551 g/mol. The molecule has 0 aliphatic rings. The lowest BCUT2D eigenvalue weighted by Gasteiger charge is -2.17. The molecule has 41 heavy (non-hydrogen) atoms. The lowest BCUT2D eigenvalue weighted by molar-refractivity contribution is 0.0302. The van der Waals surface area contributed by atoms with E-state index in [-0.39, 0.29) is 18.6 Å². The molecule has 2 aromatic carbocycles. The van der Waals surface area contributed by atoms with Gasteiger partial charge in [-0.1, -0.05) is 56.3 Å². The highest BCUT2D eigenvalue weighted by Gasteiger charge is 2.24. The van der Waals surface area contributed by atoms with E-state index in [0.717, 1.165) is 55.8 Å². The minimum absolute atomic E-state index is 0.0408. The molecule has 0 saturated carbocycles. The van der Waals surface area contributed by atoms with Crippen LogP contribution in [0.25, 0.3) is 38.9 Å². The first-order valence-corrected chi connectivity index (χ1v) is 13.9. The molecule has 210 valence electrons. The van der Waals surface area contributed by atoms with E-state index in [1.165, 1.54) is 5.56 Å². The van der Waals surface area contributed by atoms with Crippen molar-refractivity contribution in [3.8, 4) is 16.9 Å². The second kappa shape index (κ2) is 10.9. The number of halogens is 1. The summed E-state index contributed by atoms with van der Waals surface area (Å²) in [6.45, 7) is 8.50. The van der Waals surface area contributed by atoms with Gasteiger partial charge in [0.05, 0.1) is 35.7 Å². The molecule has 0 saturated heterocycles. The van der Waals surface area contributed by atoms with Crippen molar-refractivity contribution in [2.75, 3.05) is 13.3 Å². The minimum atomic E-state index is -0.530. The molecule has 4 heterocycles. The van der Waals surface area contributed by atoms with Crippen LogP contribution in [0.2, 0.25) is 0 Å². The van der Waals surface area contributed by atoms with Crippen LogP contribution in [0.15, 0.2) is 67.0 Å². The lowest BCUT2D eigenvalue weighted by Crippen LogP contribution is -2.14. The number of aromatic nitrogens is 7. The zero-order valence-electron chi connectivity index (χ0n) is 24.0. The lowest BCUT2D eigenvalue weighted by atomic mass is 9.95. The summed E-state index contributed by atoms with van der Waals surface area (Å²) >= 11 is 0. The number of nitrogens with zero attached hydrogens (tertiary/aromatic N) is 7. The zero-order valence-corrected chi connectivity index (χ0v) is 24.0. The predicted octanol–water partition coefficient (Wildman–Crippen LogP) is 6.64. The maximum absolute atomic E-state index is 13.0. The van der Waals surface area contributed by atoms with Crippen molar-refractivity contribution in [1.29, 1.82) is 0 Å². The summed E-state index contributed by atoms with van der Waals surface area (Å²) < 4.78 is 24.6. The molecule has 0 aliphatic carbocycles. The van der Waals surface area contributed by atoms with Gasteiger partial charge in [0.1, 0.15) is 12.8 Å². The fraction of sp³-hybridized carbons (Fsp3) is 0.312. The molecule has 6 aromatic rings. The van der Waals surface area contributed by atoms with Gasteiger partial charge in [-0.2, -0.15) is 15.3 Å². The maximum atomic E-state index is 13.0. The van der Waals surface area contributed by atoms with Crippen molar-refractivity contribution in [2.45, 2.75) is 46.3 Å². The summed E-state index contributed by atoms with van der Waals surface area (Å²) in [6.07, 6.45) is 3.71. The highest BCUT2D eigenvalue weighted by atomic mass is 19.1. The van der Waals surface area contributed by atoms with Crippen LogP contribution in [0, 0.1) is 13.8 Å². The van der Waals surface area contributed by atoms with E-state index >= 15 is 0 Å². The van der Waals surface area contributed by atoms with Crippen LogP contribution in [0.3, 0.4) is 0 Å². The van der Waals surface area contributed by atoms with Crippen LogP contribution in [0.1, 0.15) is 48.4 Å². The van der Waals surface area contributed by atoms with E-state index in [1.807, 2.05) is 78.2 Å². The Kier molecular flexibility index (Phi) is 7.13. The summed E-state index contributed by atoms with van der Waals surface area (Å²) in [6, 6.07) is 18.2. The molecule has 8 nitrogen and oxygen atoms in total. The Hall–Kier alpha value is -4.37. The van der Waals surface area contributed by atoms with Gasteiger partial charge in [0.2, 0.25) is 0 Å². The number of fused-ring (bicyclic) bond motifs is 2. The molecule has 6 rings (SSSR count). The number of aryl methyl sites for hydroxylation is 2. The van der Waals surface area contributed by atoms with Crippen molar-refractivity contribution in [3.63, 3.8) is 0 Å². The predicted molar refractivity (Wildman–Crippen MR) is 159 cm³/mol. The second-order valence-electron chi connectivity index (χ2n) is 10.8. The topological polar surface area (TPSA) is 75.6 Å². The number of rotatable bonds is 9. The summed E-state index contributed by atoms with van der Waals surface area (Å²) in [5.41, 5.74) is 8.62. The highest BCUT2D eigenvalue weighted by Crippen LogP contribution is 2.37. The third-order valence-electron chi connectivity index (χ3n) is 7.51. The standard InChI is InChI=1S/C32H34FN7O/c1-20(2)30-22(4)40(28-16-24-17-38(5)37-32(24)34-21(28)3)36-31(30)25-12-9-13-27-26(25)18-39(35-27)19-29(41-15-14-33)23-10-7-6-8-11-23/h6-13,16-18,20,29H,14-15,19H2,1-5H3/t29-/m0/s1. The summed E-state index contributed by atoms with van der Waals surface area (Å²) in [5.74, 6) is 0.246. The quantitative estimate of drug-likeness (QED) is 0.201. The smallest absolute Gasteiger partial charge is 0.181 e. The average Bonchev–Trinajstić information content (AvgIpc) is 3.64. The summed E-state index contributed by atoms with van der Waals surface area (Å²) in [5, 5.41) is 16.5. The number of pyridine rings is 1. The van der Waals surface area contributed by atoms with Crippen molar-refractivity contribution in [1.82, 2.24) is 34.3 Å². The third kappa shape index (κ3) is 5.02. The van der Waals surface area contributed by atoms with Gasteiger partial charge in [-0.3, -0.25) is 9.36 Å². The van der Waals surface area contributed by atoms with Gasteiger partial charge in [0.25, 0.3) is 0 Å². The molecule has 0 aliphatic heterocycles. The van der Waals surface area contributed by atoms with Gasteiger partial charge in [-0.05, 0) is 37.5 Å². The van der Waals surface area contributed by atoms with Crippen LogP contribution in [0.4, 0.5) is 4.39 Å². The van der Waals surface area contributed by atoms with E-state index in [2.05, 4.69) is 38.0 Å². The fourth-order valence-electron chi connectivity index (χ4n) is 5.68. The first-order chi connectivity index (χ1) is 19.8. The van der Waals surface area contributed by atoms with Crippen LogP contribution in [-0.2, 0) is 18.3 Å². The van der Waals surface area contributed by atoms with Gasteiger partial charge in [0.15, 0.2) is 5.65 Å². The van der Waals surface area contributed by atoms with Crippen molar-refractivity contribution in [3.05, 3.63) is 89.5 Å². The van der Waals surface area contributed by atoms with E-state index in [1.54, 1.807) is 4.68 Å². The van der Waals surface area contributed by atoms with Crippen LogP contribution in [-0.4, -0.2) is 47.6 Å². The Bertz CT molecular complexity index is 1830. The average molecular weight is 552 g/mol. The molecular weight excluding hydrogens is 517 g/mol. The first-order valence-electron chi connectivity index (χ1n) is 13.9. The maximum Gasteiger partial charge on any atom is 0.181 e. The number of hydrogen-bond donors (Lipinski definition) is 0. The number of hydrogen-bond acceptors (Lipinski definition) is 5. The molecular formula is C32H34FN7O. The van der Waals surface area contributed by atoms with Gasteiger partial charge < -0.3 is 4.74 Å². The first kappa shape index (κ1) is 26.8. The van der Waals surface area contributed by atoms with E-state index in [4.69, 9.17) is 19.9 Å². The summed E-state index contributed by atoms with van der Waals surface area (Å²) in [4.78, 5) is 4.76. The molecule has 1 atom stereocenters. The molecule has 9 heteroatoms. The normalized spacial score (nSPS) is 12.7. The molecule has 0 amide bonds. The third-order valence-corrected chi connectivity index (χ3v) is 7.51. The van der Waals surface area contributed by atoms with Gasteiger partial charge in [-0.15, -0.1) is 0 Å². The van der Waals surface area contributed by atoms with Crippen LogP contribution >= 0.6 is 0 Å². The number of alkyl halides is 1. The largest absolute Gasteiger partial charge is 0.369 e. The molecule has 4 aromatic heterocycles. The van der Waals surface area contributed by atoms with Gasteiger partial charge >= 0.3 is 0 Å². The number of ether oxygens (including phenoxy) is 1. The molecule has 0 unspecified atom stereocenters. The highest BCUT2D eigenvalue weighted by molar-refractivity contribution is 5.94. The molecule has 0 fully saturated rings. The van der Waals surface area contributed by atoms with Crippen LogP contribution in [0.5, 0.6) is 0 Å². The van der Waals surface area contributed by atoms with Gasteiger partial charge in [-0.25, -0.2) is 14.1 Å². The van der Waals surface area contributed by atoms with E-state index < -0.39 is 6.67 Å². The molecule has 0 spiro atoms. The van der Waals surface area contributed by atoms with Crippen LogP contribution < -0.4 is 0 Å². The Labute approximate surface area is 238 Å². The number of benzene rings is 2. The van der Waals surface area contributed by atoms with E-state index in [0.29, 0.717) is 6.54 Å². The Morgan fingerprint density at radius 1 is 0.951 bits per heavy atom. The molecule has 0 N–H and O–H groups in total. The van der Waals surface area contributed by atoms with Crippen molar-refractivity contribution >= 4 is 21.9 Å². The molecule has 0 radical (unpaired) electrons. The van der Waals surface area contributed by atoms with Crippen molar-refractivity contribution < 1.29 is 9.13 Å². The second-order valence-corrected chi connectivity index (χ2v) is 10.8. The van der Waals surface area contributed by atoms with E-state index in [9.17, 15) is 4.39 Å². The fourth-order valence-corrected chi connectivity index (χ4v) is 5.68. The summed E-state index contributed by atoms with van der Waals surface area (Å²) in [7, 11) is 1.90. The van der Waals surface area contributed by atoms with Crippen molar-refractivity contribution in [2.24, 2.45) is 7.05 Å².